The van der Waals surface area contributed by atoms with Crippen molar-refractivity contribution in [3.63, 3.8) is 0 Å². The second-order valence-electron chi connectivity index (χ2n) is 11.0. The molecule has 7 aromatic heterocycles. The maximum atomic E-state index is 9.21. The van der Waals surface area contributed by atoms with Crippen LogP contribution in [0.3, 0.4) is 0 Å². The molecule has 0 unspecified atom stereocenters. The number of fused-ring (bicyclic) bond motifs is 1. The third kappa shape index (κ3) is 6.55. The number of nitriles is 4. The first kappa shape index (κ1) is 33.3. The number of hydrogen-bond acceptors (Lipinski definition) is 12. The van der Waals surface area contributed by atoms with Crippen LogP contribution in [0.15, 0.2) is 97.3 Å². The van der Waals surface area contributed by atoms with Gasteiger partial charge in [-0.15, -0.1) is 68.0 Å². The Morgan fingerprint density at radius 2 is 0.846 bits per heavy atom. The van der Waals surface area contributed by atoms with Gasteiger partial charge in [0.05, 0.1) is 20.1 Å². The van der Waals surface area contributed by atoms with Crippen molar-refractivity contribution < 1.29 is 0 Å². The molecule has 0 fully saturated rings. The number of aromatic nitrogens is 2. The molecule has 1 aromatic carbocycles. The number of nitrogens with zero attached hydrogens (tertiary/aromatic N) is 6. The monoisotopic (exact) mass is 774 g/mol. The van der Waals surface area contributed by atoms with Gasteiger partial charge in [0.2, 0.25) is 0 Å². The summed E-state index contributed by atoms with van der Waals surface area (Å²) in [6, 6.07) is 36.6. The lowest BCUT2D eigenvalue weighted by Crippen LogP contribution is -1.93. The van der Waals surface area contributed by atoms with Gasteiger partial charge in [0, 0.05) is 70.2 Å². The molecule has 0 aliphatic heterocycles. The zero-order chi connectivity index (χ0) is 35.6. The highest BCUT2D eigenvalue weighted by atomic mass is 32.1. The fourth-order valence-corrected chi connectivity index (χ4v) is 11.6. The van der Waals surface area contributed by atoms with Gasteiger partial charge in [0.1, 0.15) is 35.4 Å². The smallest absolute Gasteiger partial charge is 0.146 e. The van der Waals surface area contributed by atoms with Crippen molar-refractivity contribution in [1.29, 1.82) is 21.0 Å². The van der Waals surface area contributed by atoms with Crippen molar-refractivity contribution in [2.75, 3.05) is 0 Å². The van der Waals surface area contributed by atoms with E-state index in [-0.39, 0.29) is 11.1 Å². The first-order chi connectivity index (χ1) is 25.5. The summed E-state index contributed by atoms with van der Waals surface area (Å²) in [5, 5.41) is 36.8. The Morgan fingerprint density at radius 1 is 0.442 bits per heavy atom. The molecule has 8 aromatic rings. The van der Waals surface area contributed by atoms with E-state index in [9.17, 15) is 21.0 Å². The van der Waals surface area contributed by atoms with E-state index in [4.69, 9.17) is 9.97 Å². The van der Waals surface area contributed by atoms with E-state index >= 15 is 0 Å². The van der Waals surface area contributed by atoms with Crippen LogP contribution in [-0.4, -0.2) is 9.97 Å². The quantitative estimate of drug-likeness (QED) is 0.179. The Hall–Kier alpha value is -5.80. The highest BCUT2D eigenvalue weighted by Gasteiger charge is 2.14. The number of rotatable bonds is 4. The third-order valence-corrected chi connectivity index (χ3v) is 14.7. The largest absolute Gasteiger partial charge is 0.252 e. The van der Waals surface area contributed by atoms with Gasteiger partial charge in [0.25, 0.3) is 0 Å². The van der Waals surface area contributed by atoms with E-state index in [0.29, 0.717) is 9.06 Å². The first-order valence-corrected chi connectivity index (χ1v) is 20.3. The first-order valence-electron chi connectivity index (χ1n) is 15.4. The molecular weight excluding hydrogens is 757 g/mol. The summed E-state index contributed by atoms with van der Waals surface area (Å²) in [5.41, 5.74) is 4.07. The predicted molar refractivity (Wildman–Crippen MR) is 214 cm³/mol. The minimum atomic E-state index is 0.138. The van der Waals surface area contributed by atoms with Gasteiger partial charge in [-0.2, -0.15) is 21.0 Å². The predicted octanol–water partition coefficient (Wildman–Crippen LogP) is 7.96. The lowest BCUT2D eigenvalue weighted by molar-refractivity contribution is 1.30. The van der Waals surface area contributed by atoms with Crippen LogP contribution in [0.2, 0.25) is 0 Å². The molecule has 0 spiro atoms. The maximum absolute atomic E-state index is 9.21. The Labute approximate surface area is 319 Å². The van der Waals surface area contributed by atoms with E-state index in [1.165, 1.54) is 22.7 Å². The zero-order valence-electron chi connectivity index (χ0n) is 26.5. The third-order valence-electron chi connectivity index (χ3n) is 7.87. The molecule has 0 saturated carbocycles. The minimum absolute atomic E-state index is 0.138. The Bertz CT molecular complexity index is 3070. The van der Waals surface area contributed by atoms with E-state index in [1.807, 2.05) is 48.5 Å². The average molecular weight is 775 g/mol. The van der Waals surface area contributed by atoms with Crippen LogP contribution >= 0.6 is 68.0 Å². The lowest BCUT2D eigenvalue weighted by atomic mass is 10.1. The molecule has 0 aliphatic carbocycles. The maximum Gasteiger partial charge on any atom is 0.146 e. The highest BCUT2D eigenvalue weighted by molar-refractivity contribution is 7.17. The van der Waals surface area contributed by atoms with Crippen LogP contribution in [0.25, 0.3) is 55.2 Å². The van der Waals surface area contributed by atoms with E-state index < -0.39 is 0 Å². The summed E-state index contributed by atoms with van der Waals surface area (Å²) in [6.07, 6.45) is 7.84. The molecular formula is C40H18N6S6. The Kier molecular flexibility index (Phi) is 9.26. The summed E-state index contributed by atoms with van der Waals surface area (Å²) in [6.45, 7) is 0. The van der Waals surface area contributed by atoms with Gasteiger partial charge >= 0.3 is 0 Å². The van der Waals surface area contributed by atoms with Crippen LogP contribution in [0.1, 0.15) is 9.75 Å². The molecule has 0 aliphatic rings. The summed E-state index contributed by atoms with van der Waals surface area (Å²) < 4.78 is 7.88. The van der Waals surface area contributed by atoms with Crippen molar-refractivity contribution in [2.45, 2.75) is 0 Å². The fraction of sp³-hybridized carbons (Fsp3) is 0. The second kappa shape index (κ2) is 14.4. The van der Waals surface area contributed by atoms with Crippen molar-refractivity contribution >= 4 is 102 Å². The molecule has 0 amide bonds. The molecule has 6 nitrogen and oxygen atoms in total. The van der Waals surface area contributed by atoms with Crippen LogP contribution in [0.5, 0.6) is 0 Å². The topological polar surface area (TPSA) is 121 Å². The summed E-state index contributed by atoms with van der Waals surface area (Å²) in [7, 11) is 0. The van der Waals surface area contributed by atoms with Crippen molar-refractivity contribution in [3.8, 4) is 45.2 Å². The number of hydrogen-bond donors (Lipinski definition) is 0. The molecule has 0 atom stereocenters. The van der Waals surface area contributed by atoms with Crippen LogP contribution < -0.4 is 18.1 Å². The average Bonchev–Trinajstić information content (AvgIpc) is 4.01. The van der Waals surface area contributed by atoms with Crippen LogP contribution in [-0.2, 0) is 0 Å². The van der Waals surface area contributed by atoms with E-state index in [2.05, 4.69) is 72.8 Å². The van der Waals surface area contributed by atoms with Gasteiger partial charge in [-0.25, -0.2) is 0 Å². The summed E-state index contributed by atoms with van der Waals surface area (Å²) in [4.78, 5) is 14.1. The second-order valence-corrected chi connectivity index (χ2v) is 17.7. The number of benzene rings is 1. The van der Waals surface area contributed by atoms with Crippen molar-refractivity contribution in [2.24, 2.45) is 0 Å². The zero-order valence-corrected chi connectivity index (χ0v) is 31.4. The standard InChI is InChI=1S/C40H18N6S6/c41-19-23(20-42)31-11-13-37(51-31)35-9-3-27(49-35)17-25-1-7-33(47-25)29-5-6-30(40-39(29)45-15-16-46-40)34-8-2-26(48-34)18-28-4-10-36(50-28)38-14-12-32(52-38)24(21-43)22-44/h1-18H/b27-17-,28-18-,37-35+,38-36+. The molecule has 52 heavy (non-hydrogen) atoms. The number of thiophene rings is 6. The van der Waals surface area contributed by atoms with Gasteiger partial charge < -0.3 is 0 Å². The normalized spacial score (nSPS) is 13.0. The lowest BCUT2D eigenvalue weighted by Gasteiger charge is -2.07. The van der Waals surface area contributed by atoms with Gasteiger partial charge in [0.15, 0.2) is 0 Å². The fourth-order valence-electron chi connectivity index (χ4n) is 5.49. The van der Waals surface area contributed by atoms with E-state index in [0.717, 1.165) is 68.9 Å². The Balaban J connectivity index is 1.10. The van der Waals surface area contributed by atoms with Crippen LogP contribution in [0, 0.1) is 63.5 Å². The van der Waals surface area contributed by atoms with Gasteiger partial charge in [-0.1, -0.05) is 12.1 Å². The SMILES string of the molecule is N#CC(C#N)=c1cc/c(=c2/cc/c(=C/c3ccc(-c4ccc(-c5ccc(/C=c6/cc/c(=c7/ccc(=C(C#N)C#N)s7)s6)s5)c5nccnc45)s3)s2)s1. The molecule has 244 valence electrons. The molecule has 0 bridgehead atoms. The molecule has 8 rings (SSSR count). The minimum Gasteiger partial charge on any atom is -0.252 e. The molecule has 0 N–H and O–H groups in total. The highest BCUT2D eigenvalue weighted by Crippen LogP contribution is 2.38. The van der Waals surface area contributed by atoms with Gasteiger partial charge in [-0.3, -0.25) is 9.97 Å². The van der Waals surface area contributed by atoms with Gasteiger partial charge in [-0.05, 0) is 84.9 Å². The summed E-state index contributed by atoms with van der Waals surface area (Å²) in [5.74, 6) is 0. The molecule has 0 radical (unpaired) electrons. The van der Waals surface area contributed by atoms with Crippen molar-refractivity contribution in [1.82, 2.24) is 9.97 Å². The summed E-state index contributed by atoms with van der Waals surface area (Å²) >= 11 is 9.68. The van der Waals surface area contributed by atoms with Crippen molar-refractivity contribution in [3.05, 3.63) is 143 Å². The molecule has 7 heterocycles. The molecule has 12 heteroatoms. The van der Waals surface area contributed by atoms with Crippen LogP contribution in [0.4, 0.5) is 0 Å². The molecule has 0 saturated heterocycles. The Morgan fingerprint density at radius 3 is 1.27 bits per heavy atom. The van der Waals surface area contributed by atoms with E-state index in [1.54, 1.807) is 57.7 Å².